The monoisotopic (exact) mass is 342 g/mol. The largest absolute Gasteiger partial charge is 0.478 e. The molecule has 0 radical (unpaired) electrons. The van der Waals surface area contributed by atoms with Gasteiger partial charge in [-0.15, -0.1) is 0 Å². The van der Waals surface area contributed by atoms with Crippen LogP contribution in [0.25, 0.3) is 6.08 Å². The number of aliphatic carboxylic acids is 1. The van der Waals surface area contributed by atoms with E-state index >= 15 is 0 Å². The Balaban J connectivity index is 2.40. The van der Waals surface area contributed by atoms with Crippen LogP contribution in [0.5, 0.6) is 11.5 Å². The van der Waals surface area contributed by atoms with Crippen molar-refractivity contribution in [3.63, 3.8) is 0 Å². The maximum absolute atomic E-state index is 10.6. The molecule has 0 heterocycles. The topological polar surface area (TPSA) is 46.5 Å². The second-order valence-corrected chi connectivity index (χ2v) is 5.32. The maximum Gasteiger partial charge on any atom is 0.328 e. The fourth-order valence-corrected chi connectivity index (χ4v) is 2.36. The predicted octanol–water partition coefficient (Wildman–Crippen LogP) is 5.54. The molecule has 108 valence electrons. The molecule has 0 bridgehead atoms. The van der Waals surface area contributed by atoms with Gasteiger partial charge in [-0.05, 0) is 30.3 Å². The van der Waals surface area contributed by atoms with E-state index in [-0.39, 0.29) is 0 Å². The highest BCUT2D eigenvalue weighted by Crippen LogP contribution is 2.35. The Morgan fingerprint density at radius 3 is 2.38 bits per heavy atom. The van der Waals surface area contributed by atoms with E-state index in [0.717, 1.165) is 6.08 Å². The Hall–Kier alpha value is -1.68. The van der Waals surface area contributed by atoms with E-state index in [0.29, 0.717) is 32.1 Å². The lowest BCUT2D eigenvalue weighted by molar-refractivity contribution is -0.131. The van der Waals surface area contributed by atoms with Gasteiger partial charge in [0, 0.05) is 21.7 Å². The Labute approximate surface area is 136 Å². The summed E-state index contributed by atoms with van der Waals surface area (Å²) in [4.78, 5) is 10.6. The molecule has 0 unspecified atom stereocenters. The molecule has 0 atom stereocenters. The molecule has 0 saturated carbocycles. The number of carboxylic acid groups (broad SMARTS) is 1. The maximum atomic E-state index is 10.6. The molecular weight excluding hydrogens is 335 g/mol. The van der Waals surface area contributed by atoms with Gasteiger partial charge in [-0.1, -0.05) is 46.9 Å². The third-order valence-corrected chi connectivity index (χ3v) is 3.19. The van der Waals surface area contributed by atoms with Crippen LogP contribution in [-0.2, 0) is 4.79 Å². The van der Waals surface area contributed by atoms with Gasteiger partial charge >= 0.3 is 5.97 Å². The number of halogens is 3. The van der Waals surface area contributed by atoms with Crippen molar-refractivity contribution in [1.82, 2.24) is 0 Å². The Kier molecular flexibility index (Phi) is 5.12. The van der Waals surface area contributed by atoms with Crippen molar-refractivity contribution < 1.29 is 14.6 Å². The van der Waals surface area contributed by atoms with Gasteiger partial charge in [-0.3, -0.25) is 0 Å². The second kappa shape index (κ2) is 6.85. The lowest BCUT2D eigenvalue weighted by atomic mass is 10.2. The molecule has 6 heteroatoms. The lowest BCUT2D eigenvalue weighted by Crippen LogP contribution is -1.91. The molecule has 0 aliphatic carbocycles. The van der Waals surface area contributed by atoms with Crippen LogP contribution in [0.1, 0.15) is 5.56 Å². The minimum atomic E-state index is -1.06. The van der Waals surface area contributed by atoms with Gasteiger partial charge in [0.2, 0.25) is 0 Å². The predicted molar refractivity (Wildman–Crippen MR) is 84.7 cm³/mol. The summed E-state index contributed by atoms with van der Waals surface area (Å²) in [7, 11) is 0. The molecule has 3 nitrogen and oxygen atoms in total. The Bertz CT molecular complexity index is 691. The van der Waals surface area contributed by atoms with Crippen LogP contribution in [0.15, 0.2) is 42.5 Å². The molecule has 2 aromatic rings. The van der Waals surface area contributed by atoms with Crippen LogP contribution >= 0.6 is 34.8 Å². The van der Waals surface area contributed by atoms with E-state index in [4.69, 9.17) is 44.6 Å². The fourth-order valence-electron chi connectivity index (χ4n) is 1.63. The zero-order valence-corrected chi connectivity index (χ0v) is 12.8. The highest BCUT2D eigenvalue weighted by Gasteiger charge is 2.09. The summed E-state index contributed by atoms with van der Waals surface area (Å²) >= 11 is 17.9. The molecule has 0 aliphatic rings. The molecule has 21 heavy (non-hydrogen) atoms. The lowest BCUT2D eigenvalue weighted by Gasteiger charge is -2.11. The van der Waals surface area contributed by atoms with Crippen LogP contribution in [0, 0.1) is 0 Å². The quantitative estimate of drug-likeness (QED) is 0.742. The zero-order chi connectivity index (χ0) is 15.4. The van der Waals surface area contributed by atoms with Gasteiger partial charge in [0.1, 0.15) is 5.75 Å². The number of benzene rings is 2. The first-order valence-electron chi connectivity index (χ1n) is 5.79. The molecule has 2 rings (SSSR count). The van der Waals surface area contributed by atoms with Crippen molar-refractivity contribution >= 4 is 46.8 Å². The summed E-state index contributed by atoms with van der Waals surface area (Å²) in [5.74, 6) is -0.327. The SMILES string of the molecule is O=C(O)/C=C/c1cccc(Cl)c1Oc1cc(Cl)cc(Cl)c1. The van der Waals surface area contributed by atoms with Crippen LogP contribution in [0.4, 0.5) is 0 Å². The molecule has 1 N–H and O–H groups in total. The van der Waals surface area contributed by atoms with Crippen molar-refractivity contribution in [2.75, 3.05) is 0 Å². The van der Waals surface area contributed by atoms with E-state index < -0.39 is 5.97 Å². The third kappa shape index (κ3) is 4.39. The van der Waals surface area contributed by atoms with Gasteiger partial charge in [0.15, 0.2) is 5.75 Å². The highest BCUT2D eigenvalue weighted by molar-refractivity contribution is 6.35. The molecule has 0 fully saturated rings. The fraction of sp³-hybridized carbons (Fsp3) is 0. The standard InChI is InChI=1S/C15H9Cl3O3/c16-10-6-11(17)8-12(7-10)21-15-9(4-5-14(19)20)2-1-3-13(15)18/h1-8H,(H,19,20)/b5-4+. The second-order valence-electron chi connectivity index (χ2n) is 4.04. The number of carbonyl (C=O) groups is 1. The Morgan fingerprint density at radius 1 is 1.10 bits per heavy atom. The van der Waals surface area contributed by atoms with E-state index in [2.05, 4.69) is 0 Å². The molecule has 0 amide bonds. The summed E-state index contributed by atoms with van der Waals surface area (Å²) in [6, 6.07) is 9.77. The van der Waals surface area contributed by atoms with E-state index in [1.807, 2.05) is 0 Å². The van der Waals surface area contributed by atoms with E-state index in [1.54, 1.807) is 36.4 Å². The van der Waals surface area contributed by atoms with Crippen molar-refractivity contribution in [2.45, 2.75) is 0 Å². The first-order valence-corrected chi connectivity index (χ1v) is 6.92. The average molecular weight is 344 g/mol. The minimum absolute atomic E-state index is 0.329. The number of carboxylic acids is 1. The smallest absolute Gasteiger partial charge is 0.328 e. The third-order valence-electron chi connectivity index (χ3n) is 2.46. The summed E-state index contributed by atoms with van der Waals surface area (Å²) < 4.78 is 5.69. The van der Waals surface area contributed by atoms with Gasteiger partial charge in [-0.25, -0.2) is 4.79 Å². The molecular formula is C15H9Cl3O3. The number of hydrogen-bond acceptors (Lipinski definition) is 2. The van der Waals surface area contributed by atoms with Crippen molar-refractivity contribution in [2.24, 2.45) is 0 Å². The first kappa shape index (κ1) is 15.7. The first-order chi connectivity index (χ1) is 9.95. The summed E-state index contributed by atoms with van der Waals surface area (Å²) in [5, 5.41) is 9.89. The van der Waals surface area contributed by atoms with Gasteiger partial charge in [0.05, 0.1) is 5.02 Å². The summed E-state index contributed by atoms with van der Waals surface area (Å²) in [6.45, 7) is 0. The van der Waals surface area contributed by atoms with Crippen molar-refractivity contribution in [1.29, 1.82) is 0 Å². The number of hydrogen-bond donors (Lipinski definition) is 1. The Morgan fingerprint density at radius 2 is 1.76 bits per heavy atom. The molecule has 0 aromatic heterocycles. The average Bonchev–Trinajstić information content (AvgIpc) is 2.38. The van der Waals surface area contributed by atoms with E-state index in [1.165, 1.54) is 6.08 Å². The zero-order valence-electron chi connectivity index (χ0n) is 10.5. The van der Waals surface area contributed by atoms with Gasteiger partial charge in [0.25, 0.3) is 0 Å². The van der Waals surface area contributed by atoms with Crippen LogP contribution in [0.2, 0.25) is 15.1 Å². The normalized spacial score (nSPS) is 10.8. The van der Waals surface area contributed by atoms with Crippen molar-refractivity contribution in [3.8, 4) is 11.5 Å². The van der Waals surface area contributed by atoms with Crippen LogP contribution < -0.4 is 4.74 Å². The molecule has 0 saturated heterocycles. The molecule has 0 aliphatic heterocycles. The summed E-state index contributed by atoms with van der Waals surface area (Å²) in [6.07, 6.45) is 2.40. The van der Waals surface area contributed by atoms with Gasteiger partial charge in [-0.2, -0.15) is 0 Å². The van der Waals surface area contributed by atoms with Crippen LogP contribution in [0.3, 0.4) is 0 Å². The van der Waals surface area contributed by atoms with Gasteiger partial charge < -0.3 is 9.84 Å². The number of ether oxygens (including phenoxy) is 1. The summed E-state index contributed by atoms with van der Waals surface area (Å²) in [5.41, 5.74) is 0.529. The number of rotatable bonds is 4. The van der Waals surface area contributed by atoms with Crippen LogP contribution in [-0.4, -0.2) is 11.1 Å². The number of para-hydroxylation sites is 1. The molecule has 2 aromatic carbocycles. The van der Waals surface area contributed by atoms with Crippen molar-refractivity contribution in [3.05, 3.63) is 63.1 Å². The molecule has 0 spiro atoms. The van der Waals surface area contributed by atoms with E-state index in [9.17, 15) is 4.79 Å². The highest BCUT2D eigenvalue weighted by atomic mass is 35.5. The minimum Gasteiger partial charge on any atom is -0.478 e.